The molecule has 2 fully saturated rings. The Hall–Kier alpha value is -4.80. The summed E-state index contributed by atoms with van der Waals surface area (Å²) in [5.41, 5.74) is 4.80. The van der Waals surface area contributed by atoms with Crippen LogP contribution in [0.3, 0.4) is 0 Å². The number of ether oxygens (including phenoxy) is 2. The van der Waals surface area contributed by atoms with Crippen molar-refractivity contribution in [3.63, 3.8) is 0 Å². The highest BCUT2D eigenvalue weighted by Crippen LogP contribution is 2.27. The van der Waals surface area contributed by atoms with Gasteiger partial charge in [0.25, 0.3) is 0 Å². The number of piperazine rings is 1. The molecule has 9 nitrogen and oxygen atoms in total. The van der Waals surface area contributed by atoms with E-state index in [-0.39, 0.29) is 24.2 Å². The van der Waals surface area contributed by atoms with Crippen molar-refractivity contribution in [2.75, 3.05) is 52.4 Å². The number of amides is 2. The van der Waals surface area contributed by atoms with Gasteiger partial charge >= 0.3 is 6.09 Å². The molecule has 1 N–H and O–H groups in total. The third kappa shape index (κ3) is 9.71. The first-order chi connectivity index (χ1) is 25.0. The van der Waals surface area contributed by atoms with E-state index in [4.69, 9.17) is 14.5 Å². The highest BCUT2D eigenvalue weighted by atomic mass is 19.1. The summed E-state index contributed by atoms with van der Waals surface area (Å²) in [6.45, 7) is 7.54. The van der Waals surface area contributed by atoms with Crippen LogP contribution in [0.15, 0.2) is 97.2 Å². The average molecular weight is 694 g/mol. The molecule has 51 heavy (non-hydrogen) atoms. The first kappa shape index (κ1) is 36.0. The summed E-state index contributed by atoms with van der Waals surface area (Å²) in [6, 6.07) is 28.2. The van der Waals surface area contributed by atoms with E-state index in [2.05, 4.69) is 33.3 Å². The summed E-state index contributed by atoms with van der Waals surface area (Å²) in [7, 11) is 0. The lowest BCUT2D eigenvalue weighted by atomic mass is 9.88. The van der Waals surface area contributed by atoms with Crippen LogP contribution in [-0.4, -0.2) is 90.1 Å². The number of pyridine rings is 1. The zero-order chi connectivity index (χ0) is 35.4. The fourth-order valence-electron chi connectivity index (χ4n) is 7.09. The zero-order valence-electron chi connectivity index (χ0n) is 29.4. The van der Waals surface area contributed by atoms with Crippen molar-refractivity contribution in [1.82, 2.24) is 25.0 Å². The minimum Gasteiger partial charge on any atom is -0.493 e. The van der Waals surface area contributed by atoms with Gasteiger partial charge in [-0.1, -0.05) is 72.8 Å². The van der Waals surface area contributed by atoms with Gasteiger partial charge in [0.05, 0.1) is 6.61 Å². The summed E-state index contributed by atoms with van der Waals surface area (Å²) in [5.74, 6) is 0.141. The van der Waals surface area contributed by atoms with Crippen molar-refractivity contribution in [2.45, 2.75) is 45.4 Å². The SMILES string of the molecule is CCOc1cccc(F)c1CN1CCN(C(=O)[C@H](NC(=O)OCc2ccccc2)C2CCN(CCc3ncccc3-c3ccccc3)CC2)CC1. The normalized spacial score (nSPS) is 16.4. The van der Waals surface area contributed by atoms with E-state index < -0.39 is 12.1 Å². The molecule has 268 valence electrons. The van der Waals surface area contributed by atoms with Crippen LogP contribution in [0, 0.1) is 11.7 Å². The monoisotopic (exact) mass is 693 g/mol. The minimum absolute atomic E-state index is 0.0297. The highest BCUT2D eigenvalue weighted by molar-refractivity contribution is 5.86. The van der Waals surface area contributed by atoms with E-state index in [1.165, 1.54) is 6.07 Å². The molecule has 0 aliphatic carbocycles. The number of alkyl carbamates (subject to hydrolysis) is 1. The van der Waals surface area contributed by atoms with Gasteiger partial charge in [0.1, 0.15) is 24.2 Å². The lowest BCUT2D eigenvalue weighted by Crippen LogP contribution is -2.58. The summed E-state index contributed by atoms with van der Waals surface area (Å²) in [4.78, 5) is 38.4. The molecule has 3 aromatic carbocycles. The van der Waals surface area contributed by atoms with E-state index in [1.54, 1.807) is 12.1 Å². The summed E-state index contributed by atoms with van der Waals surface area (Å²) >= 11 is 0. The molecule has 2 amide bonds. The van der Waals surface area contributed by atoms with Crippen molar-refractivity contribution in [2.24, 2.45) is 5.92 Å². The van der Waals surface area contributed by atoms with Crippen molar-refractivity contribution in [3.05, 3.63) is 120 Å². The van der Waals surface area contributed by atoms with Gasteiger partial charge in [-0.05, 0) is 68.1 Å². The van der Waals surface area contributed by atoms with E-state index in [1.807, 2.05) is 72.6 Å². The molecular weight excluding hydrogens is 645 g/mol. The van der Waals surface area contributed by atoms with Gasteiger partial charge in [-0.3, -0.25) is 14.7 Å². The van der Waals surface area contributed by atoms with Crippen molar-refractivity contribution in [1.29, 1.82) is 0 Å². The molecule has 0 bridgehead atoms. The largest absolute Gasteiger partial charge is 0.493 e. The first-order valence-electron chi connectivity index (χ1n) is 18.1. The molecule has 1 atom stereocenters. The van der Waals surface area contributed by atoms with Gasteiger partial charge in [0.15, 0.2) is 0 Å². The summed E-state index contributed by atoms with van der Waals surface area (Å²) in [5, 5.41) is 2.97. The number of aromatic nitrogens is 1. The van der Waals surface area contributed by atoms with Gasteiger partial charge in [0.2, 0.25) is 5.91 Å². The lowest BCUT2D eigenvalue weighted by molar-refractivity contribution is -0.137. The van der Waals surface area contributed by atoms with Crippen LogP contribution >= 0.6 is 0 Å². The number of hydrogen-bond acceptors (Lipinski definition) is 7. The molecule has 2 aliphatic rings. The van der Waals surface area contributed by atoms with Crippen LogP contribution in [0.1, 0.15) is 36.6 Å². The predicted molar refractivity (Wildman–Crippen MR) is 196 cm³/mol. The topological polar surface area (TPSA) is 87.2 Å². The number of benzene rings is 3. The van der Waals surface area contributed by atoms with E-state index in [9.17, 15) is 14.0 Å². The van der Waals surface area contributed by atoms with Gasteiger partial charge in [-0.2, -0.15) is 0 Å². The third-order valence-electron chi connectivity index (χ3n) is 9.94. The lowest BCUT2D eigenvalue weighted by Gasteiger charge is -2.40. The maximum Gasteiger partial charge on any atom is 0.408 e. The average Bonchev–Trinajstić information content (AvgIpc) is 3.18. The number of piperidine rings is 1. The minimum atomic E-state index is -0.696. The zero-order valence-corrected chi connectivity index (χ0v) is 29.4. The number of likely N-dealkylation sites (tertiary alicyclic amines) is 1. The Morgan fingerprint density at radius 1 is 0.863 bits per heavy atom. The Bertz CT molecular complexity index is 1710. The summed E-state index contributed by atoms with van der Waals surface area (Å²) < 4.78 is 26.0. The Morgan fingerprint density at radius 2 is 1.59 bits per heavy atom. The Morgan fingerprint density at radius 3 is 2.31 bits per heavy atom. The fraction of sp³-hybridized carbons (Fsp3) is 0.390. The van der Waals surface area contributed by atoms with Gasteiger partial charge in [-0.15, -0.1) is 0 Å². The standard InChI is InChI=1S/C41H48FN5O4/c1-2-50-38-17-9-16-36(42)35(38)29-46-25-27-47(28-26-46)40(48)39(44-41(49)51-30-31-11-5-3-6-12-31)33-18-22-45(23-19-33)24-20-37-34(15-10-21-43-37)32-13-7-4-8-14-32/h3-17,21,33,39H,2,18-20,22-30H2,1H3,(H,44,49)/t39-/m1/s1. The van der Waals surface area contributed by atoms with E-state index in [0.717, 1.165) is 61.3 Å². The number of nitrogens with one attached hydrogen (secondary N) is 1. The number of nitrogens with zero attached hydrogens (tertiary/aromatic N) is 4. The number of carbonyl (C=O) groups is 2. The maximum absolute atomic E-state index is 14.8. The Kier molecular flexibility index (Phi) is 12.7. The van der Waals surface area contributed by atoms with Gasteiger partial charge in [-0.25, -0.2) is 9.18 Å². The third-order valence-corrected chi connectivity index (χ3v) is 9.94. The van der Waals surface area contributed by atoms with Crippen LogP contribution in [0.4, 0.5) is 9.18 Å². The van der Waals surface area contributed by atoms with Crippen LogP contribution < -0.4 is 10.1 Å². The molecule has 2 saturated heterocycles. The molecule has 0 unspecified atom stereocenters. The second-order valence-electron chi connectivity index (χ2n) is 13.2. The quantitative estimate of drug-likeness (QED) is 0.179. The Labute approximate surface area is 300 Å². The van der Waals surface area contributed by atoms with E-state index >= 15 is 0 Å². The molecule has 10 heteroatoms. The van der Waals surface area contributed by atoms with Gasteiger partial charge < -0.3 is 24.6 Å². The maximum atomic E-state index is 14.8. The summed E-state index contributed by atoms with van der Waals surface area (Å²) in [6.07, 6.45) is 3.63. The number of rotatable bonds is 13. The molecule has 0 saturated carbocycles. The molecule has 0 spiro atoms. The van der Waals surface area contributed by atoms with Gasteiger partial charge in [0, 0.05) is 68.7 Å². The highest BCUT2D eigenvalue weighted by Gasteiger charge is 2.37. The molecule has 3 heterocycles. The van der Waals surface area contributed by atoms with Crippen molar-refractivity contribution >= 4 is 12.0 Å². The molecule has 1 aromatic heterocycles. The van der Waals surface area contributed by atoms with E-state index in [0.29, 0.717) is 50.6 Å². The van der Waals surface area contributed by atoms with Crippen LogP contribution in [0.2, 0.25) is 0 Å². The van der Waals surface area contributed by atoms with Crippen molar-refractivity contribution in [3.8, 4) is 16.9 Å². The molecule has 4 aromatic rings. The smallest absolute Gasteiger partial charge is 0.408 e. The van der Waals surface area contributed by atoms with Crippen LogP contribution in [-0.2, 0) is 29.1 Å². The number of halogens is 1. The second kappa shape index (κ2) is 17.9. The first-order valence-corrected chi connectivity index (χ1v) is 18.1. The molecule has 2 aliphatic heterocycles. The second-order valence-corrected chi connectivity index (χ2v) is 13.2. The van der Waals surface area contributed by atoms with Crippen molar-refractivity contribution < 1.29 is 23.5 Å². The van der Waals surface area contributed by atoms with Crippen LogP contribution in [0.25, 0.3) is 11.1 Å². The van der Waals surface area contributed by atoms with Crippen LogP contribution in [0.5, 0.6) is 5.75 Å². The number of hydrogen-bond donors (Lipinski definition) is 1. The molecular formula is C41H48FN5O4. The predicted octanol–water partition coefficient (Wildman–Crippen LogP) is 6.18. The fourth-order valence-corrected chi connectivity index (χ4v) is 7.09. The number of carbonyl (C=O) groups excluding carboxylic acids is 2. The Balaban J connectivity index is 1.07. The molecule has 6 rings (SSSR count). The molecule has 0 radical (unpaired) electrons.